The van der Waals surface area contributed by atoms with Gasteiger partial charge in [-0.3, -0.25) is 4.79 Å². The lowest BCUT2D eigenvalue weighted by molar-refractivity contribution is -0.264. The van der Waals surface area contributed by atoms with Gasteiger partial charge < -0.3 is 35.5 Å². The highest BCUT2D eigenvalue weighted by atomic mass is 79.9. The number of ether oxygens (including phenoxy) is 3. The van der Waals surface area contributed by atoms with Crippen molar-refractivity contribution < 1.29 is 34.0 Å². The molecule has 5 N–H and O–H groups in total. The number of aliphatic carboxylic acids is 1. The standard InChI is InChI=1S/C14H18O5.C11H15BrN2O2/c1-14(2)8-18-13(19-11(14)12(15)16)9-4-6-10(17-3)7-5-9;12-9-3-1-8(2-4-9)7-14-11(16)10(15)5-6-13/h4-7,11,13H,8H2,1-3H3,(H,15,16);1-4,10,15H,5-7,13H2,(H,14,16)/t11?,13-;/m1./s1. The Morgan fingerprint density at radius 3 is 2.37 bits per heavy atom. The summed E-state index contributed by atoms with van der Waals surface area (Å²) in [4.78, 5) is 22.6. The molecule has 3 atom stereocenters. The summed E-state index contributed by atoms with van der Waals surface area (Å²) in [6, 6.07) is 14.8. The van der Waals surface area contributed by atoms with Gasteiger partial charge >= 0.3 is 5.97 Å². The number of hydrogen-bond donors (Lipinski definition) is 4. The molecule has 0 bridgehead atoms. The van der Waals surface area contributed by atoms with Crippen molar-refractivity contribution in [3.05, 3.63) is 64.1 Å². The second kappa shape index (κ2) is 13.6. The summed E-state index contributed by atoms with van der Waals surface area (Å²) >= 11 is 3.33. The van der Waals surface area contributed by atoms with Crippen LogP contribution in [0.5, 0.6) is 5.75 Å². The largest absolute Gasteiger partial charge is 0.497 e. The normalized spacial score (nSPS) is 19.6. The van der Waals surface area contributed by atoms with Gasteiger partial charge in [-0.15, -0.1) is 0 Å². The fraction of sp³-hybridized carbons (Fsp3) is 0.440. The van der Waals surface area contributed by atoms with Gasteiger partial charge in [-0.1, -0.05) is 54.0 Å². The van der Waals surface area contributed by atoms with E-state index in [9.17, 15) is 19.8 Å². The molecule has 0 aromatic heterocycles. The first-order valence-electron chi connectivity index (χ1n) is 11.1. The van der Waals surface area contributed by atoms with Gasteiger partial charge in [-0.25, -0.2) is 4.79 Å². The number of carbonyl (C=O) groups excluding carboxylic acids is 1. The van der Waals surface area contributed by atoms with Crippen LogP contribution in [0.1, 0.15) is 37.7 Å². The molecule has 0 radical (unpaired) electrons. The van der Waals surface area contributed by atoms with Crippen molar-refractivity contribution >= 4 is 27.8 Å². The van der Waals surface area contributed by atoms with Crippen molar-refractivity contribution in [2.45, 2.75) is 45.3 Å². The molecule has 1 aliphatic rings. The average Bonchev–Trinajstić information content (AvgIpc) is 2.84. The van der Waals surface area contributed by atoms with Crippen LogP contribution in [0.4, 0.5) is 0 Å². The number of amides is 1. The predicted molar refractivity (Wildman–Crippen MR) is 134 cm³/mol. The molecule has 1 fully saturated rings. The van der Waals surface area contributed by atoms with Crippen LogP contribution in [0.2, 0.25) is 0 Å². The van der Waals surface area contributed by atoms with Gasteiger partial charge in [0.1, 0.15) is 11.9 Å². The van der Waals surface area contributed by atoms with E-state index in [-0.39, 0.29) is 12.3 Å². The molecule has 1 amide bonds. The first kappa shape index (κ1) is 28.7. The van der Waals surface area contributed by atoms with Gasteiger partial charge in [-0.2, -0.15) is 0 Å². The molecule has 1 saturated heterocycles. The number of aliphatic hydroxyl groups excluding tert-OH is 1. The number of nitrogens with two attached hydrogens (primary N) is 1. The van der Waals surface area contributed by atoms with Crippen LogP contribution in [-0.4, -0.2) is 54.6 Å². The monoisotopic (exact) mass is 552 g/mol. The van der Waals surface area contributed by atoms with E-state index in [1.54, 1.807) is 31.4 Å². The predicted octanol–water partition coefficient (Wildman–Crippen LogP) is 3.00. The maximum Gasteiger partial charge on any atom is 0.333 e. The van der Waals surface area contributed by atoms with E-state index in [0.717, 1.165) is 21.3 Å². The zero-order chi connectivity index (χ0) is 26.0. The van der Waals surface area contributed by atoms with Crippen LogP contribution in [0.15, 0.2) is 53.0 Å². The van der Waals surface area contributed by atoms with Gasteiger partial charge in [0.2, 0.25) is 5.91 Å². The number of carboxylic acid groups (broad SMARTS) is 1. The molecule has 1 heterocycles. The quantitative estimate of drug-likeness (QED) is 0.391. The number of aliphatic hydroxyl groups is 1. The number of carboxylic acids is 1. The molecule has 0 aliphatic carbocycles. The van der Waals surface area contributed by atoms with Gasteiger partial charge in [0.25, 0.3) is 0 Å². The van der Waals surface area contributed by atoms with Crippen LogP contribution in [0.25, 0.3) is 0 Å². The Morgan fingerprint density at radius 2 is 1.83 bits per heavy atom. The molecule has 9 nitrogen and oxygen atoms in total. The second-order valence-electron chi connectivity index (χ2n) is 8.70. The average molecular weight is 553 g/mol. The molecule has 2 unspecified atom stereocenters. The van der Waals surface area contributed by atoms with E-state index in [1.165, 1.54) is 0 Å². The van der Waals surface area contributed by atoms with Gasteiger partial charge in [0.15, 0.2) is 12.4 Å². The Bertz CT molecular complexity index is 951. The Kier molecular flexibility index (Phi) is 11.1. The Morgan fingerprint density at radius 1 is 1.20 bits per heavy atom. The van der Waals surface area contributed by atoms with Crippen LogP contribution >= 0.6 is 15.9 Å². The topological polar surface area (TPSA) is 140 Å². The van der Waals surface area contributed by atoms with E-state index in [0.29, 0.717) is 19.7 Å². The second-order valence-corrected chi connectivity index (χ2v) is 9.61. The van der Waals surface area contributed by atoms with Gasteiger partial charge in [0, 0.05) is 22.0 Å². The number of hydrogen-bond acceptors (Lipinski definition) is 7. The van der Waals surface area contributed by atoms with E-state index >= 15 is 0 Å². The van der Waals surface area contributed by atoms with Crippen molar-refractivity contribution in [3.8, 4) is 5.75 Å². The number of halogens is 1. The van der Waals surface area contributed by atoms with Crippen LogP contribution < -0.4 is 15.8 Å². The molecule has 0 spiro atoms. The molecule has 2 aromatic carbocycles. The highest BCUT2D eigenvalue weighted by molar-refractivity contribution is 9.10. The zero-order valence-electron chi connectivity index (χ0n) is 20.1. The van der Waals surface area contributed by atoms with Crippen molar-refractivity contribution in [2.75, 3.05) is 20.3 Å². The Hall–Kier alpha value is -2.50. The zero-order valence-corrected chi connectivity index (χ0v) is 21.7. The maximum absolute atomic E-state index is 11.3. The third kappa shape index (κ3) is 8.90. The minimum atomic E-state index is -1.01. The highest BCUT2D eigenvalue weighted by Crippen LogP contribution is 2.36. The van der Waals surface area contributed by atoms with E-state index < -0.39 is 29.9 Å². The van der Waals surface area contributed by atoms with Crippen LogP contribution in [0.3, 0.4) is 0 Å². The summed E-state index contributed by atoms with van der Waals surface area (Å²) < 4.78 is 17.2. The molecule has 3 rings (SSSR count). The first-order valence-corrected chi connectivity index (χ1v) is 11.9. The van der Waals surface area contributed by atoms with Gasteiger partial charge in [-0.05, 0) is 42.8 Å². The number of nitrogens with one attached hydrogen (secondary N) is 1. The summed E-state index contributed by atoms with van der Waals surface area (Å²) in [6.45, 7) is 4.67. The SMILES string of the molecule is COc1ccc([C@@H]2OCC(C)(C)C(C(=O)O)O2)cc1.NCCC(O)C(=O)NCc1ccc(Br)cc1. The third-order valence-corrected chi connectivity index (χ3v) is 5.84. The minimum absolute atomic E-state index is 0.284. The Labute approximate surface area is 213 Å². The molecule has 1 aliphatic heterocycles. The summed E-state index contributed by atoms with van der Waals surface area (Å²) in [5, 5.41) is 21.2. The molecule has 0 saturated carbocycles. The van der Waals surface area contributed by atoms with Crippen LogP contribution in [0, 0.1) is 5.41 Å². The first-order chi connectivity index (χ1) is 16.6. The van der Waals surface area contributed by atoms with Gasteiger partial charge in [0.05, 0.1) is 13.7 Å². The smallest absolute Gasteiger partial charge is 0.333 e. The van der Waals surface area contributed by atoms with E-state index in [4.69, 9.17) is 19.9 Å². The van der Waals surface area contributed by atoms with E-state index in [1.807, 2.05) is 38.1 Å². The summed E-state index contributed by atoms with van der Waals surface area (Å²) in [6.07, 6.45) is -2.26. The summed E-state index contributed by atoms with van der Waals surface area (Å²) in [5.41, 5.74) is 6.46. The third-order valence-electron chi connectivity index (χ3n) is 5.31. The van der Waals surface area contributed by atoms with E-state index in [2.05, 4.69) is 21.2 Å². The number of rotatable bonds is 8. The number of carbonyl (C=O) groups is 2. The highest BCUT2D eigenvalue weighted by Gasteiger charge is 2.43. The lowest BCUT2D eigenvalue weighted by Crippen LogP contribution is -2.47. The number of methoxy groups -OCH3 is 1. The van der Waals surface area contributed by atoms with Crippen molar-refractivity contribution in [1.82, 2.24) is 5.32 Å². The van der Waals surface area contributed by atoms with Crippen molar-refractivity contribution in [1.29, 1.82) is 0 Å². The molecule has 2 aromatic rings. The van der Waals surface area contributed by atoms with Crippen molar-refractivity contribution in [3.63, 3.8) is 0 Å². The fourth-order valence-corrected chi connectivity index (χ4v) is 3.50. The minimum Gasteiger partial charge on any atom is -0.497 e. The molecule has 35 heavy (non-hydrogen) atoms. The lowest BCUT2D eigenvalue weighted by atomic mass is 9.86. The van der Waals surface area contributed by atoms with Crippen LogP contribution in [-0.2, 0) is 25.6 Å². The molecular weight excluding hydrogens is 520 g/mol. The molecular formula is C25H33BrN2O7. The Balaban J connectivity index is 0.000000251. The summed E-state index contributed by atoms with van der Waals surface area (Å²) in [5.74, 6) is -0.616. The van der Waals surface area contributed by atoms with Crippen molar-refractivity contribution in [2.24, 2.45) is 11.1 Å². The number of benzene rings is 2. The maximum atomic E-state index is 11.3. The summed E-state index contributed by atoms with van der Waals surface area (Å²) in [7, 11) is 1.59. The fourth-order valence-electron chi connectivity index (χ4n) is 3.24. The molecule has 192 valence electrons. The molecule has 10 heteroatoms. The lowest BCUT2D eigenvalue weighted by Gasteiger charge is -2.39.